The summed E-state index contributed by atoms with van der Waals surface area (Å²) in [6.07, 6.45) is 6.01. The molecule has 24 heavy (non-hydrogen) atoms. The largest absolute Gasteiger partial charge is 0.481 e. The highest BCUT2D eigenvalue weighted by Gasteiger charge is 2.23. The average molecular weight is 346 g/mol. The Labute approximate surface area is 145 Å². The van der Waals surface area contributed by atoms with Gasteiger partial charge >= 0.3 is 0 Å². The third kappa shape index (κ3) is 4.52. The summed E-state index contributed by atoms with van der Waals surface area (Å²) >= 11 is 1.55. The zero-order chi connectivity index (χ0) is 16.9. The maximum atomic E-state index is 11.1. The van der Waals surface area contributed by atoms with Crippen LogP contribution in [0, 0.1) is 5.92 Å². The molecular weight excluding hydrogens is 324 g/mol. The first-order valence-corrected chi connectivity index (χ1v) is 8.87. The maximum absolute atomic E-state index is 11.1. The first-order valence-electron chi connectivity index (χ1n) is 8.06. The molecule has 1 atom stereocenters. The minimum atomic E-state index is -0.0785. The monoisotopic (exact) mass is 346 g/mol. The molecule has 2 aromatic rings. The summed E-state index contributed by atoms with van der Waals surface area (Å²) < 4.78 is 5.10. The highest BCUT2D eigenvalue weighted by atomic mass is 32.1. The van der Waals surface area contributed by atoms with Crippen LogP contribution in [0.4, 0.5) is 5.13 Å². The van der Waals surface area contributed by atoms with Crippen LogP contribution in [-0.2, 0) is 17.8 Å². The molecule has 3 rings (SSSR count). The number of thiazole rings is 1. The molecule has 1 amide bonds. The number of aromatic nitrogens is 2. The smallest absolute Gasteiger partial charge is 0.223 e. The Morgan fingerprint density at radius 1 is 1.42 bits per heavy atom. The van der Waals surface area contributed by atoms with Crippen molar-refractivity contribution in [2.45, 2.75) is 26.3 Å². The lowest BCUT2D eigenvalue weighted by Gasteiger charge is -2.14. The molecule has 1 fully saturated rings. The van der Waals surface area contributed by atoms with Gasteiger partial charge in [-0.1, -0.05) is 6.07 Å². The van der Waals surface area contributed by atoms with Crippen LogP contribution >= 0.6 is 11.3 Å². The molecule has 0 aliphatic carbocycles. The van der Waals surface area contributed by atoms with Crippen LogP contribution in [0.15, 0.2) is 24.5 Å². The van der Waals surface area contributed by atoms with E-state index in [9.17, 15) is 4.79 Å². The number of carbonyl (C=O) groups excluding carboxylic acids is 1. The Bertz CT molecular complexity index is 686. The minimum Gasteiger partial charge on any atom is -0.481 e. The van der Waals surface area contributed by atoms with Crippen molar-refractivity contribution in [3.8, 4) is 5.88 Å². The van der Waals surface area contributed by atoms with E-state index in [1.165, 1.54) is 23.8 Å². The van der Waals surface area contributed by atoms with E-state index in [-0.39, 0.29) is 5.91 Å². The molecule has 7 heteroatoms. The fourth-order valence-electron chi connectivity index (χ4n) is 3.02. The van der Waals surface area contributed by atoms with Gasteiger partial charge in [0.05, 0.1) is 7.11 Å². The second kappa shape index (κ2) is 7.72. The number of hydrogen-bond donors (Lipinski definition) is 1. The standard InChI is InChI=1S/C17H22N4O2S/c1-12(22)20-17-19-9-15(24-17)11-21-6-5-14(10-21)7-13-3-4-16(23-2)18-8-13/h3-4,8-9,14H,5-7,10-11H2,1-2H3,(H,19,20,22)/t14-/m1/s1. The van der Waals surface area contributed by atoms with Crippen molar-refractivity contribution in [2.24, 2.45) is 5.92 Å². The van der Waals surface area contributed by atoms with E-state index in [0.717, 1.165) is 26.1 Å². The van der Waals surface area contributed by atoms with E-state index in [2.05, 4.69) is 26.3 Å². The maximum Gasteiger partial charge on any atom is 0.223 e. The summed E-state index contributed by atoms with van der Waals surface area (Å²) in [7, 11) is 1.63. The molecule has 2 aromatic heterocycles. The highest BCUT2D eigenvalue weighted by molar-refractivity contribution is 7.15. The summed E-state index contributed by atoms with van der Waals surface area (Å²) in [6, 6.07) is 4.01. The summed E-state index contributed by atoms with van der Waals surface area (Å²) in [5, 5.41) is 3.41. The normalized spacial score (nSPS) is 17.8. The molecule has 0 radical (unpaired) electrons. The van der Waals surface area contributed by atoms with Gasteiger partial charge in [0.2, 0.25) is 11.8 Å². The predicted molar refractivity (Wildman–Crippen MR) is 94.3 cm³/mol. The molecule has 1 saturated heterocycles. The van der Waals surface area contributed by atoms with Gasteiger partial charge in [-0.05, 0) is 30.9 Å². The number of methoxy groups -OCH3 is 1. The number of nitrogens with zero attached hydrogens (tertiary/aromatic N) is 3. The van der Waals surface area contributed by atoms with Gasteiger partial charge < -0.3 is 10.1 Å². The van der Waals surface area contributed by atoms with E-state index in [0.29, 0.717) is 16.9 Å². The fraction of sp³-hybridized carbons (Fsp3) is 0.471. The van der Waals surface area contributed by atoms with Crippen LogP contribution in [0.3, 0.4) is 0 Å². The number of nitrogens with one attached hydrogen (secondary N) is 1. The van der Waals surface area contributed by atoms with E-state index in [4.69, 9.17) is 4.74 Å². The summed E-state index contributed by atoms with van der Waals surface area (Å²) in [6.45, 7) is 4.58. The Balaban J connectivity index is 1.49. The number of pyridine rings is 1. The van der Waals surface area contributed by atoms with Crippen molar-refractivity contribution in [1.29, 1.82) is 0 Å². The molecule has 3 heterocycles. The van der Waals surface area contributed by atoms with Gasteiger partial charge in [0.25, 0.3) is 0 Å². The van der Waals surface area contributed by atoms with Gasteiger partial charge in [-0.3, -0.25) is 9.69 Å². The molecule has 6 nitrogen and oxygen atoms in total. The van der Waals surface area contributed by atoms with Crippen LogP contribution in [-0.4, -0.2) is 41.0 Å². The number of ether oxygens (including phenoxy) is 1. The minimum absolute atomic E-state index is 0.0785. The molecule has 0 spiro atoms. The van der Waals surface area contributed by atoms with E-state index in [1.807, 2.05) is 18.5 Å². The first kappa shape index (κ1) is 16.9. The highest BCUT2D eigenvalue weighted by Crippen LogP contribution is 2.25. The lowest BCUT2D eigenvalue weighted by molar-refractivity contribution is -0.114. The zero-order valence-corrected chi connectivity index (χ0v) is 14.8. The van der Waals surface area contributed by atoms with Crippen LogP contribution in [0.5, 0.6) is 5.88 Å². The number of hydrogen-bond acceptors (Lipinski definition) is 6. The van der Waals surface area contributed by atoms with Gasteiger partial charge in [0.15, 0.2) is 5.13 Å². The first-order chi connectivity index (χ1) is 11.6. The Kier molecular flexibility index (Phi) is 5.42. The van der Waals surface area contributed by atoms with Gasteiger partial charge in [-0.2, -0.15) is 0 Å². The Morgan fingerprint density at radius 2 is 2.29 bits per heavy atom. The zero-order valence-electron chi connectivity index (χ0n) is 14.0. The number of rotatable bonds is 6. The molecule has 1 aliphatic rings. The number of amides is 1. The summed E-state index contributed by atoms with van der Waals surface area (Å²) in [5.41, 5.74) is 1.26. The lowest BCUT2D eigenvalue weighted by Crippen LogP contribution is -2.20. The van der Waals surface area contributed by atoms with Gasteiger partial charge in [-0.25, -0.2) is 9.97 Å². The molecule has 0 bridgehead atoms. The summed E-state index contributed by atoms with van der Waals surface area (Å²) in [5.74, 6) is 1.24. The molecular formula is C17H22N4O2S. The second-order valence-electron chi connectivity index (χ2n) is 6.12. The van der Waals surface area contributed by atoms with Crippen LogP contribution < -0.4 is 10.1 Å². The number of anilines is 1. The van der Waals surface area contributed by atoms with Gasteiger partial charge in [0.1, 0.15) is 0 Å². The van der Waals surface area contributed by atoms with Crippen LogP contribution in [0.1, 0.15) is 23.8 Å². The van der Waals surface area contributed by atoms with E-state index >= 15 is 0 Å². The van der Waals surface area contributed by atoms with E-state index < -0.39 is 0 Å². The lowest BCUT2D eigenvalue weighted by atomic mass is 10.00. The van der Waals surface area contributed by atoms with Crippen LogP contribution in [0.25, 0.3) is 0 Å². The number of carbonyl (C=O) groups is 1. The third-order valence-corrected chi connectivity index (χ3v) is 5.01. The Morgan fingerprint density at radius 3 is 3.00 bits per heavy atom. The molecule has 0 saturated carbocycles. The van der Waals surface area contributed by atoms with Gasteiger partial charge in [0, 0.05) is 43.4 Å². The quantitative estimate of drug-likeness (QED) is 0.871. The van der Waals surface area contributed by atoms with Crippen LogP contribution in [0.2, 0.25) is 0 Å². The van der Waals surface area contributed by atoms with Crippen molar-refractivity contribution in [1.82, 2.24) is 14.9 Å². The van der Waals surface area contributed by atoms with Crippen molar-refractivity contribution < 1.29 is 9.53 Å². The topological polar surface area (TPSA) is 67.3 Å². The molecule has 1 N–H and O–H groups in total. The molecule has 128 valence electrons. The summed E-state index contributed by atoms with van der Waals surface area (Å²) in [4.78, 5) is 23.2. The van der Waals surface area contributed by atoms with Crippen molar-refractivity contribution >= 4 is 22.4 Å². The molecule has 1 aliphatic heterocycles. The number of likely N-dealkylation sites (tertiary alicyclic amines) is 1. The Hall–Kier alpha value is -1.99. The third-order valence-electron chi connectivity index (χ3n) is 4.12. The fourth-order valence-corrected chi connectivity index (χ4v) is 3.92. The second-order valence-corrected chi connectivity index (χ2v) is 7.23. The van der Waals surface area contributed by atoms with E-state index in [1.54, 1.807) is 18.4 Å². The van der Waals surface area contributed by atoms with Gasteiger partial charge in [-0.15, -0.1) is 11.3 Å². The molecule has 0 unspecified atom stereocenters. The molecule has 0 aromatic carbocycles. The van der Waals surface area contributed by atoms with Crippen molar-refractivity contribution in [3.63, 3.8) is 0 Å². The van der Waals surface area contributed by atoms with Crippen molar-refractivity contribution in [2.75, 3.05) is 25.5 Å². The SMILES string of the molecule is COc1ccc(C[C@H]2CCN(Cc3cnc(NC(C)=O)s3)C2)cn1. The average Bonchev–Trinajstić information content (AvgIpc) is 3.17. The van der Waals surface area contributed by atoms with Crippen molar-refractivity contribution in [3.05, 3.63) is 35.0 Å². The predicted octanol–water partition coefficient (Wildman–Crippen LogP) is 2.57.